The van der Waals surface area contributed by atoms with Crippen LogP contribution in [0.3, 0.4) is 0 Å². The summed E-state index contributed by atoms with van der Waals surface area (Å²) in [6.07, 6.45) is 8.87. The van der Waals surface area contributed by atoms with Crippen LogP contribution in [0.25, 0.3) is 55.8 Å². The van der Waals surface area contributed by atoms with Gasteiger partial charge >= 0.3 is 0 Å². The quantitative estimate of drug-likeness (QED) is 0.316. The summed E-state index contributed by atoms with van der Waals surface area (Å²) < 4.78 is 14.2. The molecule has 184 valence electrons. The third-order valence-electron chi connectivity index (χ3n) is 6.17. The summed E-state index contributed by atoms with van der Waals surface area (Å²) in [5.74, 6) is 0.230. The molecule has 0 saturated carbocycles. The molecular formula is C27H24FN9. The minimum absolute atomic E-state index is 0.239. The van der Waals surface area contributed by atoms with E-state index in [4.69, 9.17) is 10.7 Å². The summed E-state index contributed by atoms with van der Waals surface area (Å²) in [5, 5.41) is 8.26. The molecule has 0 aliphatic rings. The molecule has 0 atom stereocenters. The summed E-state index contributed by atoms with van der Waals surface area (Å²) in [6.45, 7) is 1.03. The molecule has 4 N–H and O–H groups in total. The first-order chi connectivity index (χ1) is 18.0. The Balaban J connectivity index is 1.45. The predicted molar refractivity (Wildman–Crippen MR) is 141 cm³/mol. The van der Waals surface area contributed by atoms with Crippen LogP contribution < -0.4 is 5.73 Å². The number of aromatic nitrogens is 7. The number of halogens is 1. The lowest BCUT2D eigenvalue weighted by Gasteiger charge is -2.10. The van der Waals surface area contributed by atoms with Gasteiger partial charge in [-0.2, -0.15) is 5.10 Å². The number of pyridine rings is 3. The van der Waals surface area contributed by atoms with Crippen LogP contribution in [-0.2, 0) is 13.1 Å². The number of aromatic amines is 2. The number of nitrogens with one attached hydrogen (secondary N) is 2. The van der Waals surface area contributed by atoms with Crippen LogP contribution >= 0.6 is 0 Å². The van der Waals surface area contributed by atoms with Crippen molar-refractivity contribution in [2.75, 3.05) is 14.1 Å². The van der Waals surface area contributed by atoms with Crippen molar-refractivity contribution in [3.05, 3.63) is 78.3 Å². The topological polar surface area (TPSA) is 125 Å². The third-order valence-corrected chi connectivity index (χ3v) is 6.17. The van der Waals surface area contributed by atoms with Crippen LogP contribution in [0.2, 0.25) is 0 Å². The number of nitrogens with zero attached hydrogens (tertiary/aromatic N) is 6. The van der Waals surface area contributed by atoms with Crippen molar-refractivity contribution < 1.29 is 4.39 Å². The van der Waals surface area contributed by atoms with Crippen LogP contribution in [0.4, 0.5) is 4.39 Å². The first-order valence-electron chi connectivity index (χ1n) is 11.8. The van der Waals surface area contributed by atoms with Crippen LogP contribution in [0.1, 0.15) is 11.1 Å². The monoisotopic (exact) mass is 493 g/mol. The van der Waals surface area contributed by atoms with E-state index in [9.17, 15) is 4.39 Å². The van der Waals surface area contributed by atoms with Gasteiger partial charge in [0, 0.05) is 54.6 Å². The first kappa shape index (κ1) is 22.9. The highest BCUT2D eigenvalue weighted by molar-refractivity contribution is 5.96. The zero-order valence-electron chi connectivity index (χ0n) is 20.3. The zero-order chi connectivity index (χ0) is 25.5. The lowest BCUT2D eigenvalue weighted by Crippen LogP contribution is -2.10. The fourth-order valence-corrected chi connectivity index (χ4v) is 4.52. The lowest BCUT2D eigenvalue weighted by atomic mass is 10.0. The van der Waals surface area contributed by atoms with Gasteiger partial charge in [-0.05, 0) is 61.1 Å². The minimum Gasteiger partial charge on any atom is -0.335 e. The number of imidazole rings is 1. The highest BCUT2D eigenvalue weighted by Crippen LogP contribution is 2.32. The highest BCUT2D eigenvalue weighted by atomic mass is 19.1. The molecule has 0 bridgehead atoms. The summed E-state index contributed by atoms with van der Waals surface area (Å²) in [6, 6.07) is 8.89. The maximum atomic E-state index is 14.2. The van der Waals surface area contributed by atoms with E-state index >= 15 is 0 Å². The molecule has 0 saturated heterocycles. The van der Waals surface area contributed by atoms with Gasteiger partial charge in [0.2, 0.25) is 0 Å². The van der Waals surface area contributed by atoms with Crippen molar-refractivity contribution in [2.45, 2.75) is 13.1 Å². The number of nitrogens with two attached hydrogens (primary N) is 1. The van der Waals surface area contributed by atoms with E-state index in [0.29, 0.717) is 39.4 Å². The second-order valence-electron chi connectivity index (χ2n) is 9.23. The molecule has 6 rings (SSSR count). The van der Waals surface area contributed by atoms with Gasteiger partial charge < -0.3 is 15.6 Å². The molecule has 37 heavy (non-hydrogen) atoms. The van der Waals surface area contributed by atoms with Crippen molar-refractivity contribution in [1.82, 2.24) is 40.0 Å². The molecule has 0 aliphatic heterocycles. The Morgan fingerprint density at radius 1 is 0.892 bits per heavy atom. The number of hydrogen-bond acceptors (Lipinski definition) is 7. The molecule has 1 aromatic carbocycles. The average Bonchev–Trinajstić information content (AvgIpc) is 3.51. The molecular weight excluding hydrogens is 469 g/mol. The van der Waals surface area contributed by atoms with Gasteiger partial charge in [-0.1, -0.05) is 0 Å². The molecule has 0 amide bonds. The Labute approximate surface area is 211 Å². The highest BCUT2D eigenvalue weighted by Gasteiger charge is 2.17. The number of rotatable bonds is 6. The van der Waals surface area contributed by atoms with E-state index in [1.165, 1.54) is 12.1 Å². The number of H-pyrrole nitrogens is 2. The molecule has 0 radical (unpaired) electrons. The van der Waals surface area contributed by atoms with E-state index < -0.39 is 0 Å². The maximum Gasteiger partial charge on any atom is 0.181 e. The Kier molecular flexibility index (Phi) is 5.67. The second kappa shape index (κ2) is 9.16. The molecule has 10 heteroatoms. The van der Waals surface area contributed by atoms with Crippen LogP contribution in [0.15, 0.2) is 61.3 Å². The molecule has 5 aromatic heterocycles. The minimum atomic E-state index is -0.354. The van der Waals surface area contributed by atoms with Gasteiger partial charge in [-0.3, -0.25) is 15.1 Å². The van der Waals surface area contributed by atoms with Crippen molar-refractivity contribution in [2.24, 2.45) is 5.73 Å². The SMILES string of the molecule is CN(C)Cc1cncc(-c2cnc3n[nH]c(-c4nc5c(-c6cc(F)cc(CN)c6)cncc5[nH]4)c3c2)c1. The smallest absolute Gasteiger partial charge is 0.181 e. The number of benzene rings is 1. The summed E-state index contributed by atoms with van der Waals surface area (Å²) in [5.41, 5.74) is 13.5. The standard InChI is InChI=1S/C27H24FN9/c1-37(2)14-16-4-18(10-30-9-16)19-7-21-25(35-36-26(21)32-11-19)27-33-23-13-31-12-22(24(23)34-27)17-3-15(8-29)5-20(28)6-17/h3-7,9-13H,8,14,29H2,1-2H3,(H,33,34)(H,32,35,36). The third kappa shape index (κ3) is 4.32. The maximum absolute atomic E-state index is 14.2. The largest absolute Gasteiger partial charge is 0.335 e. The molecule has 0 unspecified atom stereocenters. The van der Waals surface area contributed by atoms with E-state index in [2.05, 4.69) is 41.1 Å². The summed E-state index contributed by atoms with van der Waals surface area (Å²) in [4.78, 5) is 23.6. The van der Waals surface area contributed by atoms with E-state index in [0.717, 1.165) is 34.1 Å². The number of hydrogen-bond donors (Lipinski definition) is 3. The molecule has 6 aromatic rings. The molecule has 0 fully saturated rings. The van der Waals surface area contributed by atoms with Crippen molar-refractivity contribution >= 4 is 22.1 Å². The Morgan fingerprint density at radius 3 is 2.54 bits per heavy atom. The van der Waals surface area contributed by atoms with Crippen LogP contribution in [-0.4, -0.2) is 54.1 Å². The van der Waals surface area contributed by atoms with Crippen molar-refractivity contribution in [3.63, 3.8) is 0 Å². The molecule has 5 heterocycles. The summed E-state index contributed by atoms with van der Waals surface area (Å²) >= 11 is 0. The van der Waals surface area contributed by atoms with Gasteiger partial charge in [-0.25, -0.2) is 14.4 Å². The van der Waals surface area contributed by atoms with E-state index in [1.54, 1.807) is 18.6 Å². The second-order valence-corrected chi connectivity index (χ2v) is 9.23. The van der Waals surface area contributed by atoms with Gasteiger partial charge in [0.15, 0.2) is 11.5 Å². The van der Waals surface area contributed by atoms with E-state index in [1.807, 2.05) is 38.6 Å². The van der Waals surface area contributed by atoms with Gasteiger partial charge in [0.25, 0.3) is 0 Å². The van der Waals surface area contributed by atoms with Crippen molar-refractivity contribution in [1.29, 1.82) is 0 Å². The van der Waals surface area contributed by atoms with Gasteiger partial charge in [0.05, 0.1) is 22.6 Å². The fourth-order valence-electron chi connectivity index (χ4n) is 4.52. The first-order valence-corrected chi connectivity index (χ1v) is 11.8. The molecule has 0 spiro atoms. The summed E-state index contributed by atoms with van der Waals surface area (Å²) in [7, 11) is 4.05. The number of fused-ring (bicyclic) bond motifs is 2. The van der Waals surface area contributed by atoms with Crippen molar-refractivity contribution in [3.8, 4) is 33.8 Å². The van der Waals surface area contributed by atoms with Gasteiger partial charge in [-0.15, -0.1) is 0 Å². The normalized spacial score (nSPS) is 11.7. The lowest BCUT2D eigenvalue weighted by molar-refractivity contribution is 0.402. The Bertz CT molecular complexity index is 1750. The van der Waals surface area contributed by atoms with Crippen LogP contribution in [0.5, 0.6) is 0 Å². The van der Waals surface area contributed by atoms with Gasteiger partial charge in [0.1, 0.15) is 11.5 Å². The van der Waals surface area contributed by atoms with Crippen LogP contribution in [0, 0.1) is 5.82 Å². The Morgan fingerprint density at radius 2 is 1.70 bits per heavy atom. The Hall–Kier alpha value is -4.54. The predicted octanol–water partition coefficient (Wildman–Crippen LogP) is 4.28. The molecule has 0 aliphatic carbocycles. The molecule has 9 nitrogen and oxygen atoms in total. The average molecular weight is 494 g/mol. The fraction of sp³-hybridized carbons (Fsp3) is 0.148. The van der Waals surface area contributed by atoms with E-state index in [-0.39, 0.29) is 12.4 Å². The zero-order valence-corrected chi connectivity index (χ0v) is 20.3.